The molecule has 2 aromatic heterocycles. The molecule has 3 atom stereocenters. The predicted molar refractivity (Wildman–Crippen MR) is 98.0 cm³/mol. The number of aliphatic hydroxyl groups is 1. The summed E-state index contributed by atoms with van der Waals surface area (Å²) in [5.41, 5.74) is 0.985. The molecule has 1 saturated heterocycles. The average Bonchev–Trinajstić information content (AvgIpc) is 3.21. The largest absolute Gasteiger partial charge is 0.391 e. The molecule has 8 nitrogen and oxygen atoms in total. The number of imidazole rings is 1. The molecular formula is C15H25ClFN7O. The van der Waals surface area contributed by atoms with Crippen molar-refractivity contribution in [2.24, 2.45) is 0 Å². The molecule has 1 fully saturated rings. The second kappa shape index (κ2) is 8.59. The van der Waals surface area contributed by atoms with Crippen molar-refractivity contribution in [2.45, 2.75) is 51.7 Å². The van der Waals surface area contributed by atoms with Crippen LogP contribution in [0, 0.1) is 0 Å². The lowest BCUT2D eigenvalue weighted by Gasteiger charge is -2.20. The van der Waals surface area contributed by atoms with Gasteiger partial charge in [-0.15, -0.1) is 12.4 Å². The summed E-state index contributed by atoms with van der Waals surface area (Å²) in [4.78, 5) is 13.1. The van der Waals surface area contributed by atoms with Crippen LogP contribution in [0.1, 0.15) is 26.7 Å². The van der Waals surface area contributed by atoms with Gasteiger partial charge in [-0.3, -0.25) is 4.57 Å². The lowest BCUT2D eigenvalue weighted by atomic mass is 10.1. The molecule has 2 aromatic rings. The van der Waals surface area contributed by atoms with Gasteiger partial charge in [-0.05, 0) is 26.3 Å². The van der Waals surface area contributed by atoms with Gasteiger partial charge >= 0.3 is 0 Å². The van der Waals surface area contributed by atoms with E-state index in [0.717, 1.165) is 25.9 Å². The van der Waals surface area contributed by atoms with E-state index < -0.39 is 12.9 Å². The van der Waals surface area contributed by atoms with Gasteiger partial charge in [0.2, 0.25) is 5.95 Å². The van der Waals surface area contributed by atoms with Crippen LogP contribution in [-0.4, -0.2) is 55.9 Å². The highest BCUT2D eigenvalue weighted by Crippen LogP contribution is 2.23. The number of anilines is 2. The molecule has 0 amide bonds. The summed E-state index contributed by atoms with van der Waals surface area (Å²) in [5.74, 6) is 0.947. The minimum absolute atomic E-state index is 0. The van der Waals surface area contributed by atoms with Crippen molar-refractivity contribution >= 4 is 35.3 Å². The molecule has 0 aliphatic carbocycles. The van der Waals surface area contributed by atoms with Crippen molar-refractivity contribution in [3.63, 3.8) is 0 Å². The quantitative estimate of drug-likeness (QED) is 0.584. The molecule has 3 heterocycles. The van der Waals surface area contributed by atoms with E-state index in [9.17, 15) is 9.50 Å². The Labute approximate surface area is 152 Å². The topological polar surface area (TPSA) is 99.9 Å². The summed E-state index contributed by atoms with van der Waals surface area (Å²) in [6.45, 7) is 4.79. The van der Waals surface area contributed by atoms with Gasteiger partial charge in [0.15, 0.2) is 23.8 Å². The standard InChI is InChI=1S/C15H24FN7O.ClH/c1-3-11(9(2)24)20-15-21-13(19-10-4-5-17-6-10)12-14(22-15)23(7-16)8-18-12;/h8-11,17,24H,3-7H2,1-2H3,(H2,19,20,21,22);1H/t9-,10+,11+;/m1./s1. The molecule has 0 aromatic carbocycles. The van der Waals surface area contributed by atoms with Crippen molar-refractivity contribution < 1.29 is 9.50 Å². The molecule has 140 valence electrons. The predicted octanol–water partition coefficient (Wildman–Crippen LogP) is 1.52. The van der Waals surface area contributed by atoms with Crippen molar-refractivity contribution in [1.82, 2.24) is 24.8 Å². The van der Waals surface area contributed by atoms with Crippen LogP contribution < -0.4 is 16.0 Å². The summed E-state index contributed by atoms with van der Waals surface area (Å²) in [6, 6.07) is 0.0791. The number of hydrogen-bond donors (Lipinski definition) is 4. The molecule has 25 heavy (non-hydrogen) atoms. The molecular weight excluding hydrogens is 349 g/mol. The Kier molecular flexibility index (Phi) is 6.74. The highest BCUT2D eigenvalue weighted by atomic mass is 35.5. The Morgan fingerprint density at radius 3 is 2.88 bits per heavy atom. The fourth-order valence-electron chi connectivity index (χ4n) is 2.90. The average molecular weight is 374 g/mol. The SMILES string of the molecule is CC[C@H](Nc1nc(N[C@H]2CCNC2)c2ncn(CF)c2n1)[C@@H](C)O.Cl. The molecule has 3 rings (SSSR count). The van der Waals surface area contributed by atoms with Crippen LogP contribution in [0.4, 0.5) is 16.2 Å². The fraction of sp³-hybridized carbons (Fsp3) is 0.667. The van der Waals surface area contributed by atoms with Gasteiger partial charge in [-0.25, -0.2) is 9.37 Å². The monoisotopic (exact) mass is 373 g/mol. The third-order valence-corrected chi connectivity index (χ3v) is 4.33. The maximum atomic E-state index is 13.2. The van der Waals surface area contributed by atoms with Gasteiger partial charge in [0.25, 0.3) is 0 Å². The highest BCUT2D eigenvalue weighted by Gasteiger charge is 2.21. The number of rotatable bonds is 7. The van der Waals surface area contributed by atoms with Gasteiger partial charge in [0, 0.05) is 12.6 Å². The van der Waals surface area contributed by atoms with Gasteiger partial charge in [0.1, 0.15) is 0 Å². The summed E-state index contributed by atoms with van der Waals surface area (Å²) in [6.07, 6.45) is 2.59. The van der Waals surface area contributed by atoms with Gasteiger partial charge in [-0.2, -0.15) is 9.97 Å². The molecule has 0 saturated carbocycles. The van der Waals surface area contributed by atoms with Crippen LogP contribution in [-0.2, 0) is 6.80 Å². The van der Waals surface area contributed by atoms with Crippen LogP contribution >= 0.6 is 12.4 Å². The summed E-state index contributed by atoms with van der Waals surface area (Å²) >= 11 is 0. The Hall–Kier alpha value is -1.71. The third kappa shape index (κ3) is 4.28. The Bertz CT molecular complexity index is 690. The molecule has 10 heteroatoms. The van der Waals surface area contributed by atoms with Crippen LogP contribution in [0.25, 0.3) is 11.2 Å². The lowest BCUT2D eigenvalue weighted by Crippen LogP contribution is -2.31. The number of fused-ring (bicyclic) bond motifs is 1. The Morgan fingerprint density at radius 2 is 2.28 bits per heavy atom. The first-order chi connectivity index (χ1) is 11.6. The van der Waals surface area contributed by atoms with E-state index in [1.54, 1.807) is 6.92 Å². The zero-order valence-corrected chi connectivity index (χ0v) is 15.2. The lowest BCUT2D eigenvalue weighted by molar-refractivity contribution is 0.169. The van der Waals surface area contributed by atoms with Crippen LogP contribution in [0.5, 0.6) is 0 Å². The normalized spacial score (nSPS) is 19.4. The van der Waals surface area contributed by atoms with E-state index in [1.807, 2.05) is 6.92 Å². The molecule has 0 radical (unpaired) electrons. The van der Waals surface area contributed by atoms with Gasteiger partial charge < -0.3 is 21.1 Å². The summed E-state index contributed by atoms with van der Waals surface area (Å²) < 4.78 is 14.5. The minimum atomic E-state index is -0.703. The zero-order valence-electron chi connectivity index (χ0n) is 14.4. The van der Waals surface area contributed by atoms with E-state index >= 15 is 0 Å². The first-order valence-electron chi connectivity index (χ1n) is 8.33. The first kappa shape index (κ1) is 19.6. The second-order valence-electron chi connectivity index (χ2n) is 6.14. The number of aliphatic hydroxyl groups excluding tert-OH is 1. The van der Waals surface area contributed by atoms with Gasteiger partial charge in [0.05, 0.1) is 18.5 Å². The summed E-state index contributed by atoms with van der Waals surface area (Å²) in [5, 5.41) is 19.6. The molecule has 0 unspecified atom stereocenters. The number of alkyl halides is 1. The zero-order chi connectivity index (χ0) is 17.1. The number of hydrogen-bond acceptors (Lipinski definition) is 7. The summed E-state index contributed by atoms with van der Waals surface area (Å²) in [7, 11) is 0. The minimum Gasteiger partial charge on any atom is -0.391 e. The third-order valence-electron chi connectivity index (χ3n) is 4.33. The smallest absolute Gasteiger partial charge is 0.227 e. The fourth-order valence-corrected chi connectivity index (χ4v) is 2.90. The van der Waals surface area contributed by atoms with Crippen molar-refractivity contribution in [1.29, 1.82) is 0 Å². The Balaban J connectivity index is 0.00000225. The first-order valence-corrected chi connectivity index (χ1v) is 8.33. The molecule has 0 bridgehead atoms. The van der Waals surface area contributed by atoms with Crippen LogP contribution in [0.3, 0.4) is 0 Å². The van der Waals surface area contributed by atoms with Crippen LogP contribution in [0.2, 0.25) is 0 Å². The van der Waals surface area contributed by atoms with Crippen molar-refractivity contribution in [2.75, 3.05) is 23.7 Å². The molecule has 1 aliphatic heterocycles. The molecule has 1 aliphatic rings. The number of halogens is 2. The maximum Gasteiger partial charge on any atom is 0.227 e. The van der Waals surface area contributed by atoms with E-state index in [1.165, 1.54) is 10.9 Å². The van der Waals surface area contributed by atoms with Gasteiger partial charge in [-0.1, -0.05) is 6.92 Å². The molecule has 4 N–H and O–H groups in total. The number of nitrogens with zero attached hydrogens (tertiary/aromatic N) is 4. The van der Waals surface area contributed by atoms with E-state index in [-0.39, 0.29) is 24.5 Å². The maximum absolute atomic E-state index is 13.2. The molecule has 0 spiro atoms. The number of aromatic nitrogens is 4. The highest BCUT2D eigenvalue weighted by molar-refractivity contribution is 5.85. The second-order valence-corrected chi connectivity index (χ2v) is 6.14. The van der Waals surface area contributed by atoms with Crippen LogP contribution in [0.15, 0.2) is 6.33 Å². The van der Waals surface area contributed by atoms with Crippen molar-refractivity contribution in [3.05, 3.63) is 6.33 Å². The number of nitrogens with one attached hydrogen (secondary N) is 3. The van der Waals surface area contributed by atoms with E-state index in [2.05, 4.69) is 30.9 Å². The van der Waals surface area contributed by atoms with E-state index in [0.29, 0.717) is 22.9 Å². The van der Waals surface area contributed by atoms with Crippen molar-refractivity contribution in [3.8, 4) is 0 Å². The van der Waals surface area contributed by atoms with E-state index in [4.69, 9.17) is 0 Å². The Morgan fingerprint density at radius 1 is 1.48 bits per heavy atom.